The third kappa shape index (κ3) is 1.96. The van der Waals surface area contributed by atoms with E-state index in [1.54, 1.807) is 12.1 Å². The van der Waals surface area contributed by atoms with Gasteiger partial charge in [0.25, 0.3) is 5.92 Å². The van der Waals surface area contributed by atoms with E-state index in [0.29, 0.717) is 4.47 Å². The van der Waals surface area contributed by atoms with Gasteiger partial charge in [-0.2, -0.15) is 8.78 Å². The molecule has 1 nitrogen and oxygen atoms in total. The first kappa shape index (κ1) is 8.59. The largest absolute Gasteiger partial charge is 0.288 e. The Morgan fingerprint density at radius 1 is 1.55 bits per heavy atom. The molecule has 1 aromatic rings. The first-order valence-electron chi connectivity index (χ1n) is 3.00. The highest BCUT2D eigenvalue weighted by atomic mass is 79.9. The zero-order valence-corrected chi connectivity index (χ0v) is 7.40. The van der Waals surface area contributed by atoms with Crippen molar-refractivity contribution in [1.29, 1.82) is 0 Å². The fraction of sp³-hybridized carbons (Fsp3) is 0.286. The molecular weight excluding hydrogens is 216 g/mol. The normalized spacial score (nSPS) is 11.6. The van der Waals surface area contributed by atoms with E-state index < -0.39 is 5.92 Å². The maximum atomic E-state index is 12.6. The molecule has 0 bridgehead atoms. The number of pyridine rings is 1. The average molecular weight is 222 g/mol. The Hall–Kier alpha value is -0.510. The van der Waals surface area contributed by atoms with E-state index in [1.165, 1.54) is 6.20 Å². The molecule has 0 aromatic carbocycles. The van der Waals surface area contributed by atoms with Crippen molar-refractivity contribution < 1.29 is 8.78 Å². The van der Waals surface area contributed by atoms with Crippen LogP contribution in [0.2, 0.25) is 0 Å². The molecule has 0 unspecified atom stereocenters. The van der Waals surface area contributed by atoms with Crippen LogP contribution in [-0.4, -0.2) is 4.98 Å². The van der Waals surface area contributed by atoms with Crippen LogP contribution in [0.15, 0.2) is 22.8 Å². The van der Waals surface area contributed by atoms with Crippen LogP contribution in [0.3, 0.4) is 0 Å². The van der Waals surface area contributed by atoms with Crippen LogP contribution >= 0.6 is 15.9 Å². The van der Waals surface area contributed by atoms with Crippen LogP contribution in [0.5, 0.6) is 0 Å². The molecule has 1 heterocycles. The molecule has 0 saturated carbocycles. The minimum absolute atomic E-state index is 0.222. The molecule has 0 aliphatic rings. The van der Waals surface area contributed by atoms with Crippen molar-refractivity contribution in [2.45, 2.75) is 12.8 Å². The number of alkyl halides is 2. The third-order valence-corrected chi connectivity index (χ3v) is 1.81. The predicted molar refractivity (Wildman–Crippen MR) is 41.5 cm³/mol. The second-order valence-corrected chi connectivity index (χ2v) is 3.08. The zero-order valence-electron chi connectivity index (χ0n) is 5.81. The molecule has 0 saturated heterocycles. The number of hydrogen-bond donors (Lipinski definition) is 0. The molecule has 11 heavy (non-hydrogen) atoms. The fourth-order valence-corrected chi connectivity index (χ4v) is 1.31. The van der Waals surface area contributed by atoms with Gasteiger partial charge >= 0.3 is 0 Å². The molecule has 0 radical (unpaired) electrons. The molecule has 1 rings (SSSR count). The van der Waals surface area contributed by atoms with Crippen molar-refractivity contribution in [1.82, 2.24) is 4.98 Å². The standard InChI is InChI=1S/C7H6BrF2N/c1-7(9,10)6-5(8)3-2-4-11-6/h2-4H,1H3. The van der Waals surface area contributed by atoms with Crippen molar-refractivity contribution >= 4 is 15.9 Å². The van der Waals surface area contributed by atoms with Gasteiger partial charge in [0.1, 0.15) is 5.69 Å². The van der Waals surface area contributed by atoms with E-state index in [0.717, 1.165) is 6.92 Å². The molecule has 0 aliphatic heterocycles. The molecular formula is C7H6BrF2N. The van der Waals surface area contributed by atoms with Crippen molar-refractivity contribution in [3.63, 3.8) is 0 Å². The molecule has 0 amide bonds. The van der Waals surface area contributed by atoms with Crippen molar-refractivity contribution in [3.05, 3.63) is 28.5 Å². The van der Waals surface area contributed by atoms with Crippen LogP contribution in [0.1, 0.15) is 12.6 Å². The van der Waals surface area contributed by atoms with Crippen LogP contribution < -0.4 is 0 Å². The van der Waals surface area contributed by atoms with E-state index in [4.69, 9.17) is 0 Å². The monoisotopic (exact) mass is 221 g/mol. The maximum Gasteiger partial charge on any atom is 0.288 e. The molecule has 0 atom stereocenters. The minimum atomic E-state index is -2.87. The molecule has 1 aromatic heterocycles. The Bertz CT molecular complexity index is 257. The lowest BCUT2D eigenvalue weighted by Crippen LogP contribution is -2.10. The van der Waals surface area contributed by atoms with Gasteiger partial charge in [0.2, 0.25) is 0 Å². The van der Waals surface area contributed by atoms with Gasteiger partial charge in [-0.25, -0.2) is 0 Å². The van der Waals surface area contributed by atoms with E-state index in [9.17, 15) is 8.78 Å². The van der Waals surface area contributed by atoms with Crippen LogP contribution in [0.4, 0.5) is 8.78 Å². The van der Waals surface area contributed by atoms with Crippen LogP contribution in [-0.2, 0) is 5.92 Å². The van der Waals surface area contributed by atoms with E-state index in [-0.39, 0.29) is 5.69 Å². The smallest absolute Gasteiger partial charge is 0.254 e. The summed E-state index contributed by atoms with van der Waals surface area (Å²) in [5, 5.41) is 0. The SMILES string of the molecule is CC(F)(F)c1ncccc1Br. The Kier molecular flexibility index (Phi) is 2.23. The summed E-state index contributed by atoms with van der Waals surface area (Å²) in [7, 11) is 0. The summed E-state index contributed by atoms with van der Waals surface area (Å²) in [5.74, 6) is -2.87. The zero-order chi connectivity index (χ0) is 8.48. The van der Waals surface area contributed by atoms with Gasteiger partial charge in [-0.3, -0.25) is 4.98 Å². The van der Waals surface area contributed by atoms with Crippen molar-refractivity contribution in [3.8, 4) is 0 Å². The highest BCUT2D eigenvalue weighted by Gasteiger charge is 2.28. The topological polar surface area (TPSA) is 12.9 Å². The number of nitrogens with zero attached hydrogens (tertiary/aromatic N) is 1. The lowest BCUT2D eigenvalue weighted by atomic mass is 10.2. The van der Waals surface area contributed by atoms with Gasteiger partial charge in [0.15, 0.2) is 0 Å². The van der Waals surface area contributed by atoms with E-state index in [1.807, 2.05) is 0 Å². The molecule has 4 heteroatoms. The summed E-state index contributed by atoms with van der Waals surface area (Å²) < 4.78 is 25.6. The highest BCUT2D eigenvalue weighted by Crippen LogP contribution is 2.30. The number of rotatable bonds is 1. The molecule has 0 spiro atoms. The molecule has 0 N–H and O–H groups in total. The van der Waals surface area contributed by atoms with E-state index in [2.05, 4.69) is 20.9 Å². The van der Waals surface area contributed by atoms with Crippen molar-refractivity contribution in [2.75, 3.05) is 0 Å². The second kappa shape index (κ2) is 2.85. The highest BCUT2D eigenvalue weighted by molar-refractivity contribution is 9.10. The summed E-state index contributed by atoms with van der Waals surface area (Å²) in [5.41, 5.74) is -0.222. The molecule has 0 fully saturated rings. The van der Waals surface area contributed by atoms with Gasteiger partial charge in [0, 0.05) is 17.6 Å². The fourth-order valence-electron chi connectivity index (χ4n) is 0.709. The Labute approximate surface area is 71.6 Å². The average Bonchev–Trinajstić information content (AvgIpc) is 1.86. The van der Waals surface area contributed by atoms with E-state index >= 15 is 0 Å². The van der Waals surface area contributed by atoms with Gasteiger partial charge in [-0.15, -0.1) is 0 Å². The number of aromatic nitrogens is 1. The molecule has 60 valence electrons. The Balaban J connectivity index is 3.14. The summed E-state index contributed by atoms with van der Waals surface area (Å²) >= 11 is 2.99. The first-order valence-corrected chi connectivity index (χ1v) is 3.80. The Morgan fingerprint density at radius 2 is 2.18 bits per heavy atom. The first-order chi connectivity index (χ1) is 5.02. The lowest BCUT2D eigenvalue weighted by Gasteiger charge is -2.09. The predicted octanol–water partition coefficient (Wildman–Crippen LogP) is 2.96. The number of hydrogen-bond acceptors (Lipinski definition) is 1. The Morgan fingerprint density at radius 3 is 2.55 bits per heavy atom. The quantitative estimate of drug-likeness (QED) is 0.711. The maximum absolute atomic E-state index is 12.6. The third-order valence-electron chi connectivity index (χ3n) is 1.17. The van der Waals surface area contributed by atoms with Gasteiger partial charge < -0.3 is 0 Å². The summed E-state index contributed by atoms with van der Waals surface area (Å²) in [6.45, 7) is 0.820. The summed E-state index contributed by atoms with van der Waals surface area (Å²) in [6.07, 6.45) is 1.34. The van der Waals surface area contributed by atoms with Gasteiger partial charge in [0.05, 0.1) is 0 Å². The lowest BCUT2D eigenvalue weighted by molar-refractivity contribution is 0.0119. The number of halogens is 3. The van der Waals surface area contributed by atoms with Gasteiger partial charge in [-0.1, -0.05) is 0 Å². The summed E-state index contributed by atoms with van der Waals surface area (Å²) in [4.78, 5) is 3.55. The van der Waals surface area contributed by atoms with Gasteiger partial charge in [-0.05, 0) is 28.1 Å². The minimum Gasteiger partial charge on any atom is -0.254 e. The summed E-state index contributed by atoms with van der Waals surface area (Å²) in [6, 6.07) is 3.14. The molecule has 0 aliphatic carbocycles. The van der Waals surface area contributed by atoms with Crippen molar-refractivity contribution in [2.24, 2.45) is 0 Å². The second-order valence-electron chi connectivity index (χ2n) is 2.22. The van der Waals surface area contributed by atoms with Crippen LogP contribution in [0, 0.1) is 0 Å². The van der Waals surface area contributed by atoms with Crippen LogP contribution in [0.25, 0.3) is 0 Å².